The molecule has 0 saturated heterocycles. The van der Waals surface area contributed by atoms with Gasteiger partial charge in [0.2, 0.25) is 5.91 Å². The molecule has 5 nitrogen and oxygen atoms in total. The molecule has 0 radical (unpaired) electrons. The number of carbonyl (C=O) groups excluding carboxylic acids is 1. The van der Waals surface area contributed by atoms with Crippen LogP contribution in [-0.4, -0.2) is 16.9 Å². The molecule has 0 atom stereocenters. The zero-order valence-corrected chi connectivity index (χ0v) is 13.8. The van der Waals surface area contributed by atoms with Gasteiger partial charge in [-0.15, -0.1) is 0 Å². The van der Waals surface area contributed by atoms with Crippen molar-refractivity contribution in [1.82, 2.24) is 10.3 Å². The molecule has 2 aliphatic rings. The van der Waals surface area contributed by atoms with Crippen LogP contribution in [0.15, 0.2) is 0 Å². The molecule has 1 aromatic rings. The molecule has 7 heteroatoms. The summed E-state index contributed by atoms with van der Waals surface area (Å²) < 4.78 is 0. The van der Waals surface area contributed by atoms with Crippen molar-refractivity contribution in [3.05, 3.63) is 10.2 Å². The molecule has 2 aliphatic carbocycles. The molecular formula is C15H19ClN4OS. The lowest BCUT2D eigenvalue weighted by atomic mass is 9.80. The van der Waals surface area contributed by atoms with Crippen LogP contribution in [0.3, 0.4) is 0 Å². The highest BCUT2D eigenvalue weighted by Gasteiger charge is 2.35. The Labute approximate surface area is 139 Å². The van der Waals surface area contributed by atoms with Gasteiger partial charge in [-0.25, -0.2) is 4.98 Å². The lowest BCUT2D eigenvalue weighted by Crippen LogP contribution is -2.44. The van der Waals surface area contributed by atoms with Crippen molar-refractivity contribution in [2.45, 2.75) is 56.9 Å². The molecule has 2 saturated carbocycles. The standard InChI is InChI=1S/C15H19ClN4OS/c16-12-15(20-13(21)10-6-11(7-10)18-8-17)22-14(19-12)9-4-2-1-3-5-9/h9-11,18H,1-7H2,(H,20,21). The first-order chi connectivity index (χ1) is 10.7. The van der Waals surface area contributed by atoms with Crippen molar-refractivity contribution in [3.8, 4) is 6.19 Å². The smallest absolute Gasteiger partial charge is 0.228 e. The average molecular weight is 339 g/mol. The second-order valence-corrected chi connectivity index (χ2v) is 7.51. The summed E-state index contributed by atoms with van der Waals surface area (Å²) in [5.41, 5.74) is 0. The van der Waals surface area contributed by atoms with Gasteiger partial charge >= 0.3 is 0 Å². The minimum Gasteiger partial charge on any atom is -0.321 e. The molecular weight excluding hydrogens is 320 g/mol. The first kappa shape index (κ1) is 15.6. The summed E-state index contributed by atoms with van der Waals surface area (Å²) in [6.45, 7) is 0. The third-order valence-electron chi connectivity index (χ3n) is 4.57. The fraction of sp³-hybridized carbons (Fsp3) is 0.667. The zero-order chi connectivity index (χ0) is 15.5. The van der Waals surface area contributed by atoms with Crippen LogP contribution in [-0.2, 0) is 4.79 Å². The SMILES string of the molecule is N#CNC1CC(C(=O)Nc2sc(C3CCCCC3)nc2Cl)C1. The Morgan fingerprint density at radius 3 is 2.73 bits per heavy atom. The largest absolute Gasteiger partial charge is 0.321 e. The van der Waals surface area contributed by atoms with Crippen LogP contribution in [0.25, 0.3) is 0 Å². The Kier molecular flexibility index (Phi) is 4.84. The lowest BCUT2D eigenvalue weighted by Gasteiger charge is -2.32. The maximum absolute atomic E-state index is 12.2. The quantitative estimate of drug-likeness (QED) is 0.649. The molecule has 0 bridgehead atoms. The van der Waals surface area contributed by atoms with Gasteiger partial charge in [0.05, 0.1) is 5.01 Å². The van der Waals surface area contributed by atoms with E-state index in [1.165, 1.54) is 43.4 Å². The normalized spacial score (nSPS) is 25.1. The van der Waals surface area contributed by atoms with Crippen LogP contribution in [0.2, 0.25) is 5.15 Å². The minimum atomic E-state index is -0.0397. The van der Waals surface area contributed by atoms with E-state index >= 15 is 0 Å². The monoisotopic (exact) mass is 338 g/mol. The average Bonchev–Trinajstić information content (AvgIpc) is 2.84. The van der Waals surface area contributed by atoms with Gasteiger partial charge in [-0.05, 0) is 25.7 Å². The van der Waals surface area contributed by atoms with Crippen LogP contribution >= 0.6 is 22.9 Å². The molecule has 1 amide bonds. The molecule has 1 aromatic heterocycles. The maximum atomic E-state index is 12.2. The van der Waals surface area contributed by atoms with E-state index in [4.69, 9.17) is 16.9 Å². The molecule has 0 spiro atoms. The van der Waals surface area contributed by atoms with E-state index in [1.54, 1.807) is 0 Å². The Bertz CT molecular complexity index is 585. The topological polar surface area (TPSA) is 77.8 Å². The van der Waals surface area contributed by atoms with Gasteiger partial charge in [0.15, 0.2) is 11.3 Å². The van der Waals surface area contributed by atoms with E-state index in [2.05, 4.69) is 15.6 Å². The van der Waals surface area contributed by atoms with Crippen LogP contribution in [0.5, 0.6) is 0 Å². The van der Waals surface area contributed by atoms with Crippen molar-refractivity contribution in [2.24, 2.45) is 5.92 Å². The van der Waals surface area contributed by atoms with Crippen LogP contribution < -0.4 is 10.6 Å². The summed E-state index contributed by atoms with van der Waals surface area (Å²) in [7, 11) is 0. The van der Waals surface area contributed by atoms with Crippen LogP contribution in [0.1, 0.15) is 55.9 Å². The van der Waals surface area contributed by atoms with Crippen molar-refractivity contribution < 1.29 is 4.79 Å². The number of hydrogen-bond donors (Lipinski definition) is 2. The molecule has 0 unspecified atom stereocenters. The summed E-state index contributed by atoms with van der Waals surface area (Å²) in [6.07, 6.45) is 9.45. The number of amides is 1. The minimum absolute atomic E-state index is 0.0169. The van der Waals surface area contributed by atoms with Gasteiger partial charge in [-0.3, -0.25) is 4.79 Å². The molecule has 3 rings (SSSR count). The summed E-state index contributed by atoms with van der Waals surface area (Å²) in [5.74, 6) is 0.439. The second kappa shape index (κ2) is 6.84. The predicted octanol–water partition coefficient (Wildman–Crippen LogP) is 3.63. The number of aromatic nitrogens is 1. The number of rotatable bonds is 4. The summed E-state index contributed by atoms with van der Waals surface area (Å²) >= 11 is 7.70. The molecule has 2 N–H and O–H groups in total. The first-order valence-corrected chi connectivity index (χ1v) is 8.98. The van der Waals surface area contributed by atoms with E-state index in [9.17, 15) is 4.79 Å². The fourth-order valence-electron chi connectivity index (χ4n) is 3.17. The highest BCUT2D eigenvalue weighted by Crippen LogP contribution is 2.40. The highest BCUT2D eigenvalue weighted by molar-refractivity contribution is 7.16. The fourth-order valence-corrected chi connectivity index (χ4v) is 4.51. The Balaban J connectivity index is 1.57. The summed E-state index contributed by atoms with van der Waals surface area (Å²) in [6, 6.07) is 0.135. The third kappa shape index (κ3) is 3.36. The number of carbonyl (C=O) groups is 1. The van der Waals surface area contributed by atoms with Gasteiger partial charge in [-0.1, -0.05) is 42.2 Å². The Morgan fingerprint density at radius 2 is 2.05 bits per heavy atom. The summed E-state index contributed by atoms with van der Waals surface area (Å²) in [4.78, 5) is 16.6. The van der Waals surface area contributed by atoms with Crippen molar-refractivity contribution in [3.63, 3.8) is 0 Å². The van der Waals surface area contributed by atoms with Crippen LogP contribution in [0.4, 0.5) is 5.00 Å². The Hall–Kier alpha value is -1.32. The number of nitriles is 1. The summed E-state index contributed by atoms with van der Waals surface area (Å²) in [5, 5.41) is 16.3. The predicted molar refractivity (Wildman–Crippen MR) is 86.8 cm³/mol. The number of nitrogens with one attached hydrogen (secondary N) is 2. The number of hydrogen-bond acceptors (Lipinski definition) is 5. The number of thiazole rings is 1. The number of halogens is 1. The van der Waals surface area contributed by atoms with E-state index in [0.29, 0.717) is 28.9 Å². The van der Waals surface area contributed by atoms with Crippen LogP contribution in [0, 0.1) is 17.4 Å². The number of anilines is 1. The second-order valence-electron chi connectivity index (χ2n) is 6.12. The molecule has 1 heterocycles. The van der Waals surface area contributed by atoms with Gasteiger partial charge in [0.25, 0.3) is 0 Å². The third-order valence-corrected chi connectivity index (χ3v) is 6.09. The Morgan fingerprint density at radius 1 is 1.32 bits per heavy atom. The first-order valence-electron chi connectivity index (χ1n) is 7.79. The van der Waals surface area contributed by atoms with Gasteiger partial charge < -0.3 is 10.6 Å². The van der Waals surface area contributed by atoms with E-state index < -0.39 is 0 Å². The van der Waals surface area contributed by atoms with Crippen molar-refractivity contribution in [2.75, 3.05) is 5.32 Å². The van der Waals surface area contributed by atoms with E-state index in [0.717, 1.165) is 5.01 Å². The van der Waals surface area contributed by atoms with Crippen molar-refractivity contribution in [1.29, 1.82) is 5.26 Å². The van der Waals surface area contributed by atoms with Gasteiger partial charge in [-0.2, -0.15) is 5.26 Å². The van der Waals surface area contributed by atoms with E-state index in [-0.39, 0.29) is 17.9 Å². The maximum Gasteiger partial charge on any atom is 0.228 e. The number of nitrogens with zero attached hydrogens (tertiary/aromatic N) is 2. The molecule has 2 fully saturated rings. The van der Waals surface area contributed by atoms with Crippen molar-refractivity contribution >= 4 is 33.8 Å². The molecule has 0 aliphatic heterocycles. The van der Waals surface area contributed by atoms with E-state index in [1.807, 2.05) is 6.19 Å². The highest BCUT2D eigenvalue weighted by atomic mass is 35.5. The zero-order valence-electron chi connectivity index (χ0n) is 12.3. The van der Waals surface area contributed by atoms with Gasteiger partial charge in [0, 0.05) is 17.9 Å². The molecule has 0 aromatic carbocycles. The molecule has 22 heavy (non-hydrogen) atoms. The lowest BCUT2D eigenvalue weighted by molar-refractivity contribution is -0.122. The molecule has 118 valence electrons. The van der Waals surface area contributed by atoms with Gasteiger partial charge in [0.1, 0.15) is 5.00 Å².